The molecule has 0 bridgehead atoms. The summed E-state index contributed by atoms with van der Waals surface area (Å²) in [5, 5.41) is 4.18. The van der Waals surface area contributed by atoms with Gasteiger partial charge in [0.05, 0.1) is 5.52 Å². The fourth-order valence-corrected chi connectivity index (χ4v) is 6.09. The number of nitrogens with one attached hydrogen (secondary N) is 2. The minimum absolute atomic E-state index is 0.135. The number of rotatable bonds is 9. The van der Waals surface area contributed by atoms with Crippen molar-refractivity contribution in [2.75, 3.05) is 38.1 Å². The van der Waals surface area contributed by atoms with Crippen LogP contribution in [0.1, 0.15) is 59.9 Å². The molecule has 4 heterocycles. The van der Waals surface area contributed by atoms with Crippen molar-refractivity contribution in [3.8, 4) is 11.1 Å². The number of fused-ring (bicyclic) bond motifs is 1. The summed E-state index contributed by atoms with van der Waals surface area (Å²) in [6.07, 6.45) is 5.78. The van der Waals surface area contributed by atoms with Crippen molar-refractivity contribution in [2.45, 2.75) is 60.5 Å². The zero-order valence-corrected chi connectivity index (χ0v) is 25.9. The molecule has 1 aliphatic rings. The van der Waals surface area contributed by atoms with Gasteiger partial charge in [0.25, 0.3) is 11.5 Å². The van der Waals surface area contributed by atoms with Crippen LogP contribution in [0.2, 0.25) is 0 Å². The van der Waals surface area contributed by atoms with Crippen molar-refractivity contribution < 1.29 is 4.79 Å². The van der Waals surface area contributed by atoms with Gasteiger partial charge in [-0.2, -0.15) is 0 Å². The van der Waals surface area contributed by atoms with Gasteiger partial charge in [-0.05, 0) is 80.3 Å². The molecular formula is C34H44N6O2. The molecular weight excluding hydrogens is 524 g/mol. The molecule has 8 heteroatoms. The Morgan fingerprint density at radius 3 is 2.52 bits per heavy atom. The average Bonchev–Trinajstić information content (AvgIpc) is 3.37. The molecule has 0 atom stereocenters. The van der Waals surface area contributed by atoms with Crippen molar-refractivity contribution >= 4 is 22.6 Å². The quantitative estimate of drug-likeness (QED) is 0.286. The van der Waals surface area contributed by atoms with Crippen molar-refractivity contribution in [3.63, 3.8) is 0 Å². The number of amides is 1. The number of hydrogen-bond donors (Lipinski definition) is 2. The second kappa shape index (κ2) is 12.5. The van der Waals surface area contributed by atoms with Crippen LogP contribution in [0.25, 0.3) is 22.0 Å². The molecule has 1 amide bonds. The maximum atomic E-state index is 13.8. The van der Waals surface area contributed by atoms with Gasteiger partial charge in [0, 0.05) is 79.4 Å². The third-order valence-corrected chi connectivity index (χ3v) is 8.30. The predicted octanol–water partition coefficient (Wildman–Crippen LogP) is 5.30. The number of anilines is 1. The molecule has 1 aliphatic heterocycles. The lowest BCUT2D eigenvalue weighted by Crippen LogP contribution is -2.44. The minimum Gasteiger partial charge on any atom is -0.354 e. The highest BCUT2D eigenvalue weighted by molar-refractivity contribution is 6.06. The normalized spacial score (nSPS) is 14.2. The van der Waals surface area contributed by atoms with Crippen molar-refractivity contribution in [1.29, 1.82) is 0 Å². The predicted molar refractivity (Wildman–Crippen MR) is 171 cm³/mol. The summed E-state index contributed by atoms with van der Waals surface area (Å²) in [5.41, 5.74) is 6.90. The van der Waals surface area contributed by atoms with E-state index in [4.69, 9.17) is 4.98 Å². The first kappa shape index (κ1) is 29.6. The third kappa shape index (κ3) is 6.14. The van der Waals surface area contributed by atoms with Crippen molar-refractivity contribution in [2.24, 2.45) is 5.92 Å². The number of nitrogens with zero attached hydrogens (tertiary/aromatic N) is 4. The van der Waals surface area contributed by atoms with Crippen LogP contribution in [-0.4, -0.2) is 58.6 Å². The van der Waals surface area contributed by atoms with E-state index >= 15 is 0 Å². The number of carbonyl (C=O) groups is 1. The van der Waals surface area contributed by atoms with Crippen LogP contribution in [0, 0.1) is 19.8 Å². The molecule has 5 rings (SSSR count). The van der Waals surface area contributed by atoms with Gasteiger partial charge in [-0.25, -0.2) is 4.98 Å². The molecule has 0 spiro atoms. The zero-order valence-electron chi connectivity index (χ0n) is 25.9. The minimum atomic E-state index is -0.183. The van der Waals surface area contributed by atoms with Crippen molar-refractivity contribution in [3.05, 3.63) is 81.0 Å². The molecule has 4 aromatic rings. The Balaban J connectivity index is 1.51. The number of aryl methyl sites for hydroxylation is 3. The number of carbonyl (C=O) groups excluding carboxylic acids is 1. The summed E-state index contributed by atoms with van der Waals surface area (Å²) >= 11 is 0. The lowest BCUT2D eigenvalue weighted by Gasteiger charge is -2.33. The Hall–Kier alpha value is -3.91. The van der Waals surface area contributed by atoms with E-state index in [1.54, 1.807) is 0 Å². The monoisotopic (exact) mass is 568 g/mol. The highest BCUT2D eigenvalue weighted by Crippen LogP contribution is 2.35. The van der Waals surface area contributed by atoms with Gasteiger partial charge in [-0.1, -0.05) is 27.2 Å². The lowest BCUT2D eigenvalue weighted by molar-refractivity contribution is 0.0950. The summed E-state index contributed by atoms with van der Waals surface area (Å²) in [6, 6.07) is 10.4. The Labute approximate surface area is 248 Å². The molecule has 42 heavy (non-hydrogen) atoms. The van der Waals surface area contributed by atoms with Crippen LogP contribution in [0.4, 0.5) is 5.82 Å². The fourth-order valence-electron chi connectivity index (χ4n) is 6.09. The maximum absolute atomic E-state index is 13.8. The fraction of sp³-hybridized carbons (Fsp3) is 0.441. The molecule has 0 radical (unpaired) electrons. The number of benzene rings is 1. The summed E-state index contributed by atoms with van der Waals surface area (Å²) in [6.45, 7) is 15.4. The Bertz CT molecular complexity index is 1620. The van der Waals surface area contributed by atoms with E-state index < -0.39 is 0 Å². The number of likely N-dealkylation sites (N-methyl/N-ethyl adjacent to an activating group) is 1. The van der Waals surface area contributed by atoms with Crippen LogP contribution in [0.5, 0.6) is 0 Å². The number of hydrogen-bond acceptors (Lipinski definition) is 5. The molecule has 1 aromatic carbocycles. The van der Waals surface area contributed by atoms with E-state index in [0.29, 0.717) is 17.0 Å². The second-order valence-electron chi connectivity index (χ2n) is 12.1. The molecule has 1 fully saturated rings. The smallest absolute Gasteiger partial charge is 0.253 e. The topological polar surface area (TPSA) is 86.3 Å². The average molecular weight is 569 g/mol. The van der Waals surface area contributed by atoms with E-state index in [2.05, 4.69) is 76.9 Å². The molecule has 2 N–H and O–H groups in total. The lowest BCUT2D eigenvalue weighted by atomic mass is 9.95. The van der Waals surface area contributed by atoms with E-state index in [0.717, 1.165) is 90.2 Å². The zero-order chi connectivity index (χ0) is 30.0. The van der Waals surface area contributed by atoms with Gasteiger partial charge < -0.3 is 24.7 Å². The largest absolute Gasteiger partial charge is 0.354 e. The highest BCUT2D eigenvalue weighted by Gasteiger charge is 2.21. The van der Waals surface area contributed by atoms with Gasteiger partial charge in [0.1, 0.15) is 5.82 Å². The van der Waals surface area contributed by atoms with Gasteiger partial charge in [-0.15, -0.1) is 0 Å². The molecule has 8 nitrogen and oxygen atoms in total. The van der Waals surface area contributed by atoms with Gasteiger partial charge in [-0.3, -0.25) is 9.59 Å². The van der Waals surface area contributed by atoms with Crippen LogP contribution in [0.15, 0.2) is 47.5 Å². The van der Waals surface area contributed by atoms with Crippen molar-refractivity contribution in [1.82, 2.24) is 24.8 Å². The van der Waals surface area contributed by atoms with Crippen LogP contribution in [0.3, 0.4) is 0 Å². The summed E-state index contributed by atoms with van der Waals surface area (Å²) < 4.78 is 2.26. The van der Waals surface area contributed by atoms with Crippen LogP contribution >= 0.6 is 0 Å². The molecule has 1 saturated heterocycles. The van der Waals surface area contributed by atoms with E-state index in [1.165, 1.54) is 0 Å². The second-order valence-corrected chi connectivity index (χ2v) is 12.1. The first-order valence-corrected chi connectivity index (χ1v) is 15.2. The van der Waals surface area contributed by atoms with E-state index in [1.807, 2.05) is 32.2 Å². The Morgan fingerprint density at radius 1 is 1.10 bits per heavy atom. The van der Waals surface area contributed by atoms with Crippen LogP contribution < -0.4 is 15.8 Å². The van der Waals surface area contributed by atoms with E-state index in [9.17, 15) is 9.59 Å². The first-order valence-electron chi connectivity index (χ1n) is 15.2. The third-order valence-electron chi connectivity index (χ3n) is 8.30. The van der Waals surface area contributed by atoms with Crippen LogP contribution in [-0.2, 0) is 19.5 Å². The first-order chi connectivity index (χ1) is 20.2. The van der Waals surface area contributed by atoms with Gasteiger partial charge >= 0.3 is 0 Å². The number of pyridine rings is 2. The Kier molecular flexibility index (Phi) is 8.82. The Morgan fingerprint density at radius 2 is 1.86 bits per heavy atom. The number of aromatic amines is 1. The van der Waals surface area contributed by atoms with Gasteiger partial charge in [0.15, 0.2) is 0 Å². The highest BCUT2D eigenvalue weighted by atomic mass is 16.1. The molecule has 222 valence electrons. The summed E-state index contributed by atoms with van der Waals surface area (Å²) in [7, 11) is 2.15. The molecule has 0 unspecified atom stereocenters. The number of piperazine rings is 1. The SMILES string of the molecule is CCCc1cc(C)[nH]c(=O)c1CNC(=O)c1cc(-c2ccc(N3CCN(C)CC3)nc2)c2ccn(CC(C)C)c2c1C. The molecule has 0 saturated carbocycles. The summed E-state index contributed by atoms with van der Waals surface area (Å²) in [5.74, 6) is 1.25. The van der Waals surface area contributed by atoms with E-state index in [-0.39, 0.29) is 18.0 Å². The molecule has 3 aromatic heterocycles. The maximum Gasteiger partial charge on any atom is 0.253 e. The van der Waals surface area contributed by atoms with Gasteiger partial charge in [0.2, 0.25) is 0 Å². The molecule has 0 aliphatic carbocycles. The summed E-state index contributed by atoms with van der Waals surface area (Å²) in [4.78, 5) is 39.0. The number of H-pyrrole nitrogens is 1. The standard InChI is InChI=1S/C34H44N6O2/c1-7-8-25-17-23(4)37-34(42)30(25)20-36-33(41)28-18-29(27-11-12-40(21-22(2)3)32(27)24(28)5)26-9-10-31(35-19-26)39-15-13-38(6)14-16-39/h9-12,17-19,22H,7-8,13-16,20-21H2,1-6H3,(H,36,41)(H,37,42). The number of aromatic nitrogens is 3.